The highest BCUT2D eigenvalue weighted by molar-refractivity contribution is 5.83. The molecule has 0 radical (unpaired) electrons. The third-order valence-electron chi connectivity index (χ3n) is 3.56. The molecule has 0 heterocycles. The number of nitro benzene ring substituents is 1. The Labute approximate surface area is 151 Å². The Bertz CT molecular complexity index is 808. The normalized spacial score (nSPS) is 11.3. The number of amides is 1. The molecule has 0 spiro atoms. The number of nitro groups is 1. The lowest BCUT2D eigenvalue weighted by Crippen LogP contribution is -2.25. The van der Waals surface area contributed by atoms with Gasteiger partial charge in [-0.15, -0.1) is 0 Å². The SMILES string of the molecule is CC(C)(C)c1ccccc1OCC(=O)NN=Cc1ccc([N+](=O)[O-])cc1. The van der Waals surface area contributed by atoms with Crippen LogP contribution in [0.25, 0.3) is 0 Å². The molecule has 0 aliphatic rings. The molecule has 26 heavy (non-hydrogen) atoms. The molecule has 0 aliphatic carbocycles. The number of carbonyl (C=O) groups excluding carboxylic acids is 1. The van der Waals surface area contributed by atoms with Gasteiger partial charge in [0, 0.05) is 12.1 Å². The maximum Gasteiger partial charge on any atom is 0.277 e. The third kappa shape index (κ3) is 5.41. The average molecular weight is 355 g/mol. The molecule has 0 bridgehead atoms. The summed E-state index contributed by atoms with van der Waals surface area (Å²) < 4.78 is 5.61. The van der Waals surface area contributed by atoms with E-state index in [2.05, 4.69) is 31.3 Å². The van der Waals surface area contributed by atoms with Gasteiger partial charge < -0.3 is 4.74 Å². The number of nitrogens with one attached hydrogen (secondary N) is 1. The molecular weight excluding hydrogens is 334 g/mol. The Morgan fingerprint density at radius 1 is 1.19 bits per heavy atom. The molecule has 1 amide bonds. The van der Waals surface area contributed by atoms with Crippen LogP contribution in [0.4, 0.5) is 5.69 Å². The maximum absolute atomic E-state index is 11.9. The van der Waals surface area contributed by atoms with E-state index in [9.17, 15) is 14.9 Å². The zero-order valence-electron chi connectivity index (χ0n) is 14.9. The minimum absolute atomic E-state index is 0.00269. The van der Waals surface area contributed by atoms with Crippen molar-refractivity contribution < 1.29 is 14.5 Å². The van der Waals surface area contributed by atoms with Crippen LogP contribution in [0.1, 0.15) is 31.9 Å². The first-order chi connectivity index (χ1) is 12.3. The van der Waals surface area contributed by atoms with Crippen molar-refractivity contribution >= 4 is 17.8 Å². The van der Waals surface area contributed by atoms with Gasteiger partial charge in [-0.1, -0.05) is 39.0 Å². The van der Waals surface area contributed by atoms with Gasteiger partial charge in [-0.05, 0) is 34.7 Å². The lowest BCUT2D eigenvalue weighted by molar-refractivity contribution is -0.384. The molecule has 7 heteroatoms. The van der Waals surface area contributed by atoms with E-state index in [0.29, 0.717) is 11.3 Å². The minimum Gasteiger partial charge on any atom is -0.483 e. The van der Waals surface area contributed by atoms with E-state index in [0.717, 1.165) is 5.56 Å². The van der Waals surface area contributed by atoms with E-state index >= 15 is 0 Å². The second kappa shape index (κ2) is 8.24. The number of benzene rings is 2. The van der Waals surface area contributed by atoms with Gasteiger partial charge in [0.2, 0.25) is 0 Å². The number of ether oxygens (including phenoxy) is 1. The molecular formula is C19H21N3O4. The highest BCUT2D eigenvalue weighted by Gasteiger charge is 2.18. The van der Waals surface area contributed by atoms with Crippen molar-refractivity contribution in [3.8, 4) is 5.75 Å². The molecule has 0 aromatic heterocycles. The molecule has 0 unspecified atom stereocenters. The lowest BCUT2D eigenvalue weighted by Gasteiger charge is -2.22. The van der Waals surface area contributed by atoms with Crippen LogP contribution in [0, 0.1) is 10.1 Å². The average Bonchev–Trinajstić information content (AvgIpc) is 2.60. The van der Waals surface area contributed by atoms with Crippen molar-refractivity contribution in [3.63, 3.8) is 0 Å². The van der Waals surface area contributed by atoms with Crippen LogP contribution in [0.3, 0.4) is 0 Å². The monoisotopic (exact) mass is 355 g/mol. The van der Waals surface area contributed by atoms with Gasteiger partial charge in [0.05, 0.1) is 11.1 Å². The number of nitrogens with zero attached hydrogens (tertiary/aromatic N) is 2. The number of hydrazone groups is 1. The smallest absolute Gasteiger partial charge is 0.277 e. The number of para-hydroxylation sites is 1. The van der Waals surface area contributed by atoms with Crippen molar-refractivity contribution in [2.24, 2.45) is 5.10 Å². The van der Waals surface area contributed by atoms with Crippen molar-refractivity contribution in [2.75, 3.05) is 6.61 Å². The van der Waals surface area contributed by atoms with E-state index in [1.807, 2.05) is 24.3 Å². The van der Waals surface area contributed by atoms with Gasteiger partial charge in [0.15, 0.2) is 6.61 Å². The Kier molecular flexibility index (Phi) is 6.06. The van der Waals surface area contributed by atoms with Gasteiger partial charge in [-0.2, -0.15) is 5.10 Å². The molecule has 0 fully saturated rings. The Balaban J connectivity index is 1.89. The van der Waals surface area contributed by atoms with E-state index in [-0.39, 0.29) is 17.7 Å². The summed E-state index contributed by atoms with van der Waals surface area (Å²) in [6, 6.07) is 13.4. The second-order valence-corrected chi connectivity index (χ2v) is 6.68. The highest BCUT2D eigenvalue weighted by atomic mass is 16.6. The van der Waals surface area contributed by atoms with E-state index in [4.69, 9.17) is 4.74 Å². The number of hydrogen-bond acceptors (Lipinski definition) is 5. The zero-order valence-corrected chi connectivity index (χ0v) is 14.9. The molecule has 1 N–H and O–H groups in total. The van der Waals surface area contributed by atoms with Crippen molar-refractivity contribution in [3.05, 3.63) is 69.8 Å². The van der Waals surface area contributed by atoms with Gasteiger partial charge in [-0.25, -0.2) is 5.43 Å². The summed E-state index contributed by atoms with van der Waals surface area (Å²) in [5, 5.41) is 14.4. The summed E-state index contributed by atoms with van der Waals surface area (Å²) in [5.41, 5.74) is 3.92. The highest BCUT2D eigenvalue weighted by Crippen LogP contribution is 2.30. The molecule has 0 saturated carbocycles. The summed E-state index contributed by atoms with van der Waals surface area (Å²) in [6.07, 6.45) is 1.41. The van der Waals surface area contributed by atoms with Crippen LogP contribution in [0.2, 0.25) is 0 Å². The van der Waals surface area contributed by atoms with Gasteiger partial charge >= 0.3 is 0 Å². The number of carbonyl (C=O) groups is 1. The van der Waals surface area contributed by atoms with Crippen molar-refractivity contribution in [1.29, 1.82) is 0 Å². The Morgan fingerprint density at radius 3 is 2.46 bits per heavy atom. The van der Waals surface area contributed by atoms with Gasteiger partial charge in [0.1, 0.15) is 5.75 Å². The minimum atomic E-state index is -0.477. The number of non-ortho nitro benzene ring substituents is 1. The van der Waals surface area contributed by atoms with Crippen LogP contribution >= 0.6 is 0 Å². The predicted molar refractivity (Wildman–Crippen MR) is 99.5 cm³/mol. The fraction of sp³-hybridized carbons (Fsp3) is 0.263. The first-order valence-electron chi connectivity index (χ1n) is 8.06. The molecule has 2 aromatic rings. The first kappa shape index (κ1) is 19.1. The molecule has 2 aromatic carbocycles. The van der Waals surface area contributed by atoms with Crippen molar-refractivity contribution in [2.45, 2.75) is 26.2 Å². The van der Waals surface area contributed by atoms with E-state index in [1.54, 1.807) is 12.1 Å². The zero-order chi connectivity index (χ0) is 19.2. The van der Waals surface area contributed by atoms with E-state index < -0.39 is 10.8 Å². The van der Waals surface area contributed by atoms with Crippen LogP contribution in [-0.2, 0) is 10.2 Å². The maximum atomic E-state index is 11.9. The molecule has 7 nitrogen and oxygen atoms in total. The topological polar surface area (TPSA) is 93.8 Å². The lowest BCUT2D eigenvalue weighted by atomic mass is 9.86. The fourth-order valence-corrected chi connectivity index (χ4v) is 2.25. The van der Waals surface area contributed by atoms with E-state index in [1.165, 1.54) is 18.3 Å². The summed E-state index contributed by atoms with van der Waals surface area (Å²) in [6.45, 7) is 6.06. The third-order valence-corrected chi connectivity index (χ3v) is 3.56. The van der Waals surface area contributed by atoms with Crippen LogP contribution in [0.5, 0.6) is 5.75 Å². The second-order valence-electron chi connectivity index (χ2n) is 6.68. The molecule has 0 saturated heterocycles. The van der Waals surface area contributed by atoms with Crippen LogP contribution < -0.4 is 10.2 Å². The molecule has 0 atom stereocenters. The molecule has 0 aliphatic heterocycles. The summed E-state index contributed by atoms with van der Waals surface area (Å²) >= 11 is 0. The summed E-state index contributed by atoms with van der Waals surface area (Å²) in [7, 11) is 0. The molecule has 136 valence electrons. The van der Waals surface area contributed by atoms with Crippen LogP contribution in [-0.4, -0.2) is 23.7 Å². The molecule has 2 rings (SSSR count). The summed E-state index contributed by atoms with van der Waals surface area (Å²) in [4.78, 5) is 22.0. The van der Waals surface area contributed by atoms with Crippen molar-refractivity contribution in [1.82, 2.24) is 5.43 Å². The Morgan fingerprint density at radius 2 is 1.85 bits per heavy atom. The fourth-order valence-electron chi connectivity index (χ4n) is 2.25. The van der Waals surface area contributed by atoms with Crippen LogP contribution in [0.15, 0.2) is 53.6 Å². The number of rotatable bonds is 6. The number of hydrogen-bond donors (Lipinski definition) is 1. The first-order valence-corrected chi connectivity index (χ1v) is 8.06. The Hall–Kier alpha value is -3.22. The van der Waals surface area contributed by atoms with Gasteiger partial charge in [0.25, 0.3) is 11.6 Å². The quantitative estimate of drug-likeness (QED) is 0.488. The van der Waals surface area contributed by atoms with Gasteiger partial charge in [-0.3, -0.25) is 14.9 Å². The summed E-state index contributed by atoms with van der Waals surface area (Å²) in [5.74, 6) is 0.265. The standard InChI is InChI=1S/C19H21N3O4/c1-19(2,3)16-6-4-5-7-17(16)26-13-18(23)21-20-12-14-8-10-15(11-9-14)22(24)25/h4-12H,13H2,1-3H3,(H,21,23). The predicted octanol–water partition coefficient (Wildman–Crippen LogP) is 3.42. The largest absolute Gasteiger partial charge is 0.483 e.